The lowest BCUT2D eigenvalue weighted by Gasteiger charge is -2.22. The predicted octanol–water partition coefficient (Wildman–Crippen LogP) is 2.88. The molecule has 29 heavy (non-hydrogen) atoms. The van der Waals surface area contributed by atoms with Crippen LogP contribution in [0.2, 0.25) is 0 Å². The van der Waals surface area contributed by atoms with Gasteiger partial charge in [-0.2, -0.15) is 0 Å². The van der Waals surface area contributed by atoms with Crippen molar-refractivity contribution in [3.05, 3.63) is 38.2 Å². The molecular formula is C22H30N4O3. The highest BCUT2D eigenvalue weighted by atomic mass is 16.2. The average molecular weight is 399 g/mol. The normalized spacial score (nSPS) is 20.3. The highest BCUT2D eigenvalue weighted by Crippen LogP contribution is 2.40. The van der Waals surface area contributed by atoms with E-state index in [1.165, 1.54) is 4.57 Å². The van der Waals surface area contributed by atoms with Gasteiger partial charge in [-0.15, -0.1) is 0 Å². The molecule has 0 radical (unpaired) electrons. The molecule has 1 aliphatic heterocycles. The standard InChI is InChI=1S/C22H30N4O3/c1-13(2)12-26-19-18(20(27)24-22(26)29)16(11-17(23-19)15-6-7-15)21(28)25-9-4-5-14(3)8-10-25/h11,13-15H,4-10,12H2,1-3H3,(H,24,27,29)/t14-/m0/s1. The Kier molecular flexibility index (Phi) is 5.32. The van der Waals surface area contributed by atoms with E-state index in [9.17, 15) is 14.4 Å². The number of hydrogen-bond acceptors (Lipinski definition) is 4. The summed E-state index contributed by atoms with van der Waals surface area (Å²) in [6, 6.07) is 1.80. The molecule has 7 nitrogen and oxygen atoms in total. The highest BCUT2D eigenvalue weighted by Gasteiger charge is 2.30. The number of rotatable bonds is 4. The van der Waals surface area contributed by atoms with Gasteiger partial charge >= 0.3 is 5.69 Å². The van der Waals surface area contributed by atoms with Crippen LogP contribution < -0.4 is 11.2 Å². The molecule has 156 valence electrons. The van der Waals surface area contributed by atoms with Crippen LogP contribution in [0.3, 0.4) is 0 Å². The third kappa shape index (κ3) is 4.00. The molecule has 1 saturated carbocycles. The van der Waals surface area contributed by atoms with E-state index < -0.39 is 11.2 Å². The Hall–Kier alpha value is -2.44. The van der Waals surface area contributed by atoms with Crippen LogP contribution in [0, 0.1) is 11.8 Å². The van der Waals surface area contributed by atoms with Gasteiger partial charge in [-0.25, -0.2) is 9.78 Å². The maximum absolute atomic E-state index is 13.5. The third-order valence-electron chi connectivity index (χ3n) is 6.05. The fourth-order valence-corrected chi connectivity index (χ4v) is 4.22. The first kappa shape index (κ1) is 19.9. The molecule has 0 spiro atoms. The van der Waals surface area contributed by atoms with Crippen molar-refractivity contribution in [3.63, 3.8) is 0 Å². The number of carbonyl (C=O) groups is 1. The molecule has 1 amide bonds. The van der Waals surface area contributed by atoms with E-state index in [0.29, 0.717) is 42.7 Å². The number of fused-ring (bicyclic) bond motifs is 1. The summed E-state index contributed by atoms with van der Waals surface area (Å²) in [5.41, 5.74) is 0.588. The van der Waals surface area contributed by atoms with Crippen LogP contribution in [0.5, 0.6) is 0 Å². The number of hydrogen-bond donors (Lipinski definition) is 1. The van der Waals surface area contributed by atoms with Gasteiger partial charge in [0.1, 0.15) is 0 Å². The van der Waals surface area contributed by atoms with Crippen LogP contribution in [0.15, 0.2) is 15.7 Å². The molecule has 2 aromatic rings. The van der Waals surface area contributed by atoms with Gasteiger partial charge in [0.05, 0.1) is 10.9 Å². The Morgan fingerprint density at radius 1 is 1.21 bits per heavy atom. The summed E-state index contributed by atoms with van der Waals surface area (Å²) in [5, 5.41) is 0.247. The maximum Gasteiger partial charge on any atom is 0.330 e. The molecule has 0 unspecified atom stereocenters. The molecule has 1 atom stereocenters. The van der Waals surface area contributed by atoms with Crippen molar-refractivity contribution in [1.29, 1.82) is 0 Å². The Morgan fingerprint density at radius 2 is 1.97 bits per heavy atom. The molecule has 2 aliphatic rings. The molecular weight excluding hydrogens is 368 g/mol. The number of pyridine rings is 1. The molecule has 2 aromatic heterocycles. The number of nitrogens with zero attached hydrogens (tertiary/aromatic N) is 3. The second kappa shape index (κ2) is 7.76. The first-order valence-electron chi connectivity index (χ1n) is 10.8. The number of carbonyl (C=O) groups excluding carboxylic acids is 1. The summed E-state index contributed by atoms with van der Waals surface area (Å²) in [7, 11) is 0. The zero-order valence-electron chi connectivity index (χ0n) is 17.5. The average Bonchev–Trinajstić information content (AvgIpc) is 3.51. The van der Waals surface area contributed by atoms with Crippen molar-refractivity contribution in [2.45, 2.75) is 65.3 Å². The lowest BCUT2D eigenvalue weighted by molar-refractivity contribution is 0.0762. The lowest BCUT2D eigenvalue weighted by Crippen LogP contribution is -2.36. The summed E-state index contributed by atoms with van der Waals surface area (Å²) < 4.78 is 1.52. The van der Waals surface area contributed by atoms with E-state index in [2.05, 4.69) is 11.9 Å². The minimum absolute atomic E-state index is 0.117. The molecule has 1 aliphatic carbocycles. The van der Waals surface area contributed by atoms with Gasteiger partial charge in [0.2, 0.25) is 0 Å². The van der Waals surface area contributed by atoms with Crippen LogP contribution >= 0.6 is 0 Å². The Morgan fingerprint density at radius 3 is 2.66 bits per heavy atom. The van der Waals surface area contributed by atoms with Crippen LogP contribution in [-0.4, -0.2) is 38.4 Å². The first-order valence-corrected chi connectivity index (χ1v) is 10.8. The molecule has 0 aromatic carbocycles. The van der Waals surface area contributed by atoms with E-state index in [1.807, 2.05) is 18.7 Å². The van der Waals surface area contributed by atoms with E-state index >= 15 is 0 Å². The van der Waals surface area contributed by atoms with Crippen LogP contribution in [0.1, 0.15) is 74.8 Å². The topological polar surface area (TPSA) is 88.1 Å². The number of aromatic nitrogens is 3. The number of nitrogens with one attached hydrogen (secondary N) is 1. The van der Waals surface area contributed by atoms with Crippen LogP contribution in [-0.2, 0) is 6.54 Å². The molecule has 1 N–H and O–H groups in total. The predicted molar refractivity (Wildman–Crippen MR) is 112 cm³/mol. The fraction of sp³-hybridized carbons (Fsp3) is 0.636. The zero-order valence-corrected chi connectivity index (χ0v) is 17.5. The summed E-state index contributed by atoms with van der Waals surface area (Å²) in [6.45, 7) is 8.09. The van der Waals surface area contributed by atoms with Gasteiger partial charge in [-0.3, -0.25) is 19.1 Å². The van der Waals surface area contributed by atoms with Crippen molar-refractivity contribution in [2.75, 3.05) is 13.1 Å². The summed E-state index contributed by atoms with van der Waals surface area (Å²) in [6.07, 6.45) is 5.12. The highest BCUT2D eigenvalue weighted by molar-refractivity contribution is 6.05. The monoisotopic (exact) mass is 398 g/mol. The van der Waals surface area contributed by atoms with E-state index in [0.717, 1.165) is 37.8 Å². The molecule has 0 bridgehead atoms. The number of likely N-dealkylation sites (tertiary alicyclic amines) is 1. The van der Waals surface area contributed by atoms with Gasteiger partial charge in [0, 0.05) is 31.2 Å². The van der Waals surface area contributed by atoms with Crippen LogP contribution in [0.25, 0.3) is 11.0 Å². The van der Waals surface area contributed by atoms with Gasteiger partial charge in [0.25, 0.3) is 11.5 Å². The van der Waals surface area contributed by atoms with Crippen molar-refractivity contribution >= 4 is 16.9 Å². The van der Waals surface area contributed by atoms with Crippen molar-refractivity contribution in [2.24, 2.45) is 11.8 Å². The number of amides is 1. The fourth-order valence-electron chi connectivity index (χ4n) is 4.22. The molecule has 4 rings (SSSR count). The van der Waals surface area contributed by atoms with Crippen LogP contribution in [0.4, 0.5) is 0 Å². The quantitative estimate of drug-likeness (QED) is 0.858. The Bertz CT molecular complexity index is 1050. The summed E-state index contributed by atoms with van der Waals surface area (Å²) >= 11 is 0. The number of aromatic amines is 1. The molecule has 7 heteroatoms. The minimum atomic E-state index is -0.522. The SMILES string of the molecule is CC(C)Cn1c(=O)[nH]c(=O)c2c(C(=O)N3CCC[C@H](C)CC3)cc(C3CC3)nc21. The van der Waals surface area contributed by atoms with Gasteiger partial charge in [-0.05, 0) is 50.0 Å². The molecule has 1 saturated heterocycles. The Labute approximate surface area is 170 Å². The lowest BCUT2D eigenvalue weighted by atomic mass is 10.0. The summed E-state index contributed by atoms with van der Waals surface area (Å²) in [4.78, 5) is 47.8. The number of H-pyrrole nitrogens is 1. The van der Waals surface area contributed by atoms with Gasteiger partial charge in [0.15, 0.2) is 5.65 Å². The van der Waals surface area contributed by atoms with E-state index in [-0.39, 0.29) is 17.2 Å². The maximum atomic E-state index is 13.5. The van der Waals surface area contributed by atoms with Gasteiger partial charge < -0.3 is 4.90 Å². The second-order valence-corrected chi connectivity index (χ2v) is 9.16. The summed E-state index contributed by atoms with van der Waals surface area (Å²) in [5.74, 6) is 1.01. The Balaban J connectivity index is 1.89. The van der Waals surface area contributed by atoms with Crippen molar-refractivity contribution < 1.29 is 4.79 Å². The second-order valence-electron chi connectivity index (χ2n) is 9.16. The minimum Gasteiger partial charge on any atom is -0.339 e. The molecule has 2 fully saturated rings. The zero-order chi connectivity index (χ0) is 20.7. The third-order valence-corrected chi connectivity index (χ3v) is 6.05. The largest absolute Gasteiger partial charge is 0.339 e. The van der Waals surface area contributed by atoms with E-state index in [4.69, 9.17) is 4.98 Å². The van der Waals surface area contributed by atoms with Crippen molar-refractivity contribution in [1.82, 2.24) is 19.4 Å². The first-order chi connectivity index (χ1) is 13.8. The van der Waals surface area contributed by atoms with E-state index in [1.54, 1.807) is 6.07 Å². The van der Waals surface area contributed by atoms with Crippen molar-refractivity contribution in [3.8, 4) is 0 Å². The van der Waals surface area contributed by atoms with Gasteiger partial charge in [-0.1, -0.05) is 20.8 Å². The smallest absolute Gasteiger partial charge is 0.330 e. The molecule has 3 heterocycles.